The van der Waals surface area contributed by atoms with E-state index >= 15 is 0 Å². The van der Waals surface area contributed by atoms with Crippen LogP contribution in [0.4, 0.5) is 0 Å². The lowest BCUT2D eigenvalue weighted by molar-refractivity contribution is -0.137. The highest BCUT2D eigenvalue weighted by molar-refractivity contribution is 5.94. The van der Waals surface area contributed by atoms with E-state index in [-0.39, 0.29) is 23.1 Å². The molecule has 29 heavy (non-hydrogen) atoms. The molecule has 1 aromatic heterocycles. The van der Waals surface area contributed by atoms with Gasteiger partial charge in [0.2, 0.25) is 5.91 Å². The minimum absolute atomic E-state index is 0.00628. The number of carbonyl (C=O) groups is 2. The first kappa shape index (κ1) is 21.4. The Labute approximate surface area is 174 Å². The molecular weight excluding hydrogens is 364 g/mol. The number of amides is 2. The van der Waals surface area contributed by atoms with Crippen molar-refractivity contribution in [2.75, 3.05) is 19.6 Å². The van der Waals surface area contributed by atoms with Crippen LogP contribution in [0, 0.1) is 23.2 Å². The van der Waals surface area contributed by atoms with E-state index in [9.17, 15) is 9.59 Å². The third-order valence-electron chi connectivity index (χ3n) is 6.08. The van der Waals surface area contributed by atoms with Crippen molar-refractivity contribution >= 4 is 11.8 Å². The highest BCUT2D eigenvalue weighted by Gasteiger charge is 2.52. The molecule has 1 fully saturated rings. The summed E-state index contributed by atoms with van der Waals surface area (Å²) >= 11 is 0. The number of fused-ring (bicyclic) bond motifs is 2. The standard InChI is InChI=1S/C23H34N4O2/c1-7-8-17(2)21(29)26-14-12-23(15-26)20-18(25(6)16-24-20)10-13-27(23)19(28)9-11-22(3,4)5/h16-17H,7-8,10,12-15H2,1-6H3. The van der Waals surface area contributed by atoms with Crippen LogP contribution in [0.3, 0.4) is 0 Å². The van der Waals surface area contributed by atoms with E-state index in [0.29, 0.717) is 26.1 Å². The summed E-state index contributed by atoms with van der Waals surface area (Å²) in [6.45, 7) is 11.9. The van der Waals surface area contributed by atoms with Gasteiger partial charge in [-0.15, -0.1) is 0 Å². The summed E-state index contributed by atoms with van der Waals surface area (Å²) in [5.41, 5.74) is 1.30. The summed E-state index contributed by atoms with van der Waals surface area (Å²) in [7, 11) is 2.00. The third kappa shape index (κ3) is 4.05. The molecule has 3 rings (SSSR count). The number of aryl methyl sites for hydroxylation is 1. The first-order valence-electron chi connectivity index (χ1n) is 10.7. The maximum atomic E-state index is 13.1. The number of hydrogen-bond donors (Lipinski definition) is 0. The minimum Gasteiger partial charge on any atom is -0.340 e. The van der Waals surface area contributed by atoms with Gasteiger partial charge in [0.15, 0.2) is 0 Å². The quantitative estimate of drug-likeness (QED) is 0.736. The van der Waals surface area contributed by atoms with E-state index in [4.69, 9.17) is 4.98 Å². The Morgan fingerprint density at radius 2 is 2.03 bits per heavy atom. The zero-order chi connectivity index (χ0) is 21.4. The number of imidazole rings is 1. The van der Waals surface area contributed by atoms with E-state index in [2.05, 4.69) is 18.8 Å². The van der Waals surface area contributed by atoms with E-state index in [1.54, 1.807) is 0 Å². The molecule has 158 valence electrons. The molecular formula is C23H34N4O2. The van der Waals surface area contributed by atoms with E-state index in [1.165, 1.54) is 0 Å². The Morgan fingerprint density at radius 3 is 2.69 bits per heavy atom. The Morgan fingerprint density at radius 1 is 1.31 bits per heavy atom. The molecule has 0 aromatic carbocycles. The van der Waals surface area contributed by atoms with Crippen LogP contribution in [-0.4, -0.2) is 50.8 Å². The fourth-order valence-electron chi connectivity index (χ4n) is 4.57. The van der Waals surface area contributed by atoms with Gasteiger partial charge in [-0.2, -0.15) is 0 Å². The van der Waals surface area contributed by atoms with Gasteiger partial charge in [0.05, 0.1) is 12.0 Å². The molecule has 0 saturated carbocycles. The van der Waals surface area contributed by atoms with Crippen LogP contribution in [0.15, 0.2) is 6.33 Å². The normalized spacial score (nSPS) is 22.3. The summed E-state index contributed by atoms with van der Waals surface area (Å²) in [6.07, 6.45) is 5.17. The van der Waals surface area contributed by atoms with Crippen LogP contribution >= 0.6 is 0 Å². The molecule has 3 heterocycles. The van der Waals surface area contributed by atoms with Crippen molar-refractivity contribution in [1.29, 1.82) is 0 Å². The van der Waals surface area contributed by atoms with Gasteiger partial charge < -0.3 is 14.4 Å². The van der Waals surface area contributed by atoms with E-state index < -0.39 is 5.54 Å². The summed E-state index contributed by atoms with van der Waals surface area (Å²) in [6, 6.07) is 0. The first-order valence-corrected chi connectivity index (χ1v) is 10.7. The van der Waals surface area contributed by atoms with Crippen LogP contribution in [-0.2, 0) is 28.6 Å². The number of likely N-dealkylation sites (tertiary alicyclic amines) is 1. The highest BCUT2D eigenvalue weighted by Crippen LogP contribution is 2.42. The average molecular weight is 399 g/mol. The predicted octanol–water partition coefficient (Wildman–Crippen LogP) is 2.72. The monoisotopic (exact) mass is 398 g/mol. The molecule has 2 amide bonds. The fraction of sp³-hybridized carbons (Fsp3) is 0.696. The van der Waals surface area contributed by atoms with E-state index in [1.807, 2.05) is 55.4 Å². The molecule has 6 heteroatoms. The molecule has 2 atom stereocenters. The van der Waals surface area contributed by atoms with Crippen molar-refractivity contribution in [2.45, 2.75) is 65.8 Å². The second-order valence-corrected chi connectivity index (χ2v) is 9.59. The molecule has 1 saturated heterocycles. The Hall–Kier alpha value is -2.29. The van der Waals surface area contributed by atoms with Crippen LogP contribution in [0.5, 0.6) is 0 Å². The zero-order valence-electron chi connectivity index (χ0n) is 18.7. The topological polar surface area (TPSA) is 58.4 Å². The summed E-state index contributed by atoms with van der Waals surface area (Å²) in [4.78, 5) is 34.6. The van der Waals surface area contributed by atoms with Gasteiger partial charge >= 0.3 is 0 Å². The molecule has 2 aliphatic rings. The van der Waals surface area contributed by atoms with Gasteiger partial charge in [0, 0.05) is 50.1 Å². The molecule has 0 N–H and O–H groups in total. The predicted molar refractivity (Wildman–Crippen MR) is 113 cm³/mol. The Balaban J connectivity index is 1.95. The fourth-order valence-corrected chi connectivity index (χ4v) is 4.57. The molecule has 2 unspecified atom stereocenters. The SMILES string of the molecule is CCCC(C)C(=O)N1CCC2(C1)c1ncn(C)c1CCN2C(=O)C#CC(C)(C)C. The molecule has 1 spiro atoms. The summed E-state index contributed by atoms with van der Waals surface area (Å²) in [5.74, 6) is 5.97. The summed E-state index contributed by atoms with van der Waals surface area (Å²) in [5, 5.41) is 0. The molecule has 2 aliphatic heterocycles. The number of nitrogens with zero attached hydrogens (tertiary/aromatic N) is 4. The van der Waals surface area contributed by atoms with Crippen molar-refractivity contribution < 1.29 is 9.59 Å². The lowest BCUT2D eigenvalue weighted by atomic mass is 9.85. The van der Waals surface area contributed by atoms with E-state index in [0.717, 1.165) is 30.7 Å². The first-order chi connectivity index (χ1) is 13.6. The van der Waals surface area contributed by atoms with Crippen LogP contribution in [0.2, 0.25) is 0 Å². The average Bonchev–Trinajstić information content (AvgIpc) is 3.25. The second kappa shape index (κ2) is 7.85. The van der Waals surface area contributed by atoms with Crippen LogP contribution in [0.25, 0.3) is 0 Å². The van der Waals surface area contributed by atoms with Crippen molar-refractivity contribution in [2.24, 2.45) is 18.4 Å². The largest absolute Gasteiger partial charge is 0.340 e. The highest BCUT2D eigenvalue weighted by atomic mass is 16.2. The number of hydrogen-bond acceptors (Lipinski definition) is 3. The zero-order valence-corrected chi connectivity index (χ0v) is 18.7. The second-order valence-electron chi connectivity index (χ2n) is 9.59. The van der Waals surface area contributed by atoms with Gasteiger partial charge in [-0.05, 0) is 39.5 Å². The number of rotatable bonds is 3. The molecule has 0 radical (unpaired) electrons. The summed E-state index contributed by atoms with van der Waals surface area (Å²) < 4.78 is 2.05. The van der Waals surface area contributed by atoms with Crippen LogP contribution in [0.1, 0.15) is 65.3 Å². The maximum Gasteiger partial charge on any atom is 0.299 e. The van der Waals surface area contributed by atoms with Crippen molar-refractivity contribution in [3.05, 3.63) is 17.7 Å². The van der Waals surface area contributed by atoms with Crippen molar-refractivity contribution in [3.8, 4) is 11.8 Å². The Bertz CT molecular complexity index is 854. The van der Waals surface area contributed by atoms with Crippen molar-refractivity contribution in [3.63, 3.8) is 0 Å². The van der Waals surface area contributed by atoms with Gasteiger partial charge in [-0.1, -0.05) is 26.2 Å². The Kier molecular flexibility index (Phi) is 5.80. The lowest BCUT2D eigenvalue weighted by Gasteiger charge is -2.43. The minimum atomic E-state index is -0.569. The number of aromatic nitrogens is 2. The van der Waals surface area contributed by atoms with Crippen LogP contribution < -0.4 is 0 Å². The molecule has 1 aromatic rings. The smallest absolute Gasteiger partial charge is 0.299 e. The molecule has 0 aliphatic carbocycles. The van der Waals surface area contributed by atoms with Gasteiger partial charge in [-0.3, -0.25) is 9.59 Å². The van der Waals surface area contributed by atoms with Gasteiger partial charge in [0.1, 0.15) is 5.54 Å². The lowest BCUT2D eigenvalue weighted by Crippen LogP contribution is -2.55. The molecule has 0 bridgehead atoms. The van der Waals surface area contributed by atoms with Gasteiger partial charge in [0.25, 0.3) is 5.91 Å². The number of carbonyl (C=O) groups excluding carboxylic acids is 2. The molecule has 6 nitrogen and oxygen atoms in total. The third-order valence-corrected chi connectivity index (χ3v) is 6.08. The van der Waals surface area contributed by atoms with Gasteiger partial charge in [-0.25, -0.2) is 4.98 Å². The van der Waals surface area contributed by atoms with Crippen molar-refractivity contribution in [1.82, 2.24) is 19.4 Å². The maximum absolute atomic E-state index is 13.1.